The summed E-state index contributed by atoms with van der Waals surface area (Å²) in [6.45, 7) is 2.00. The molecule has 1 aromatic carbocycles. The average Bonchev–Trinajstić information content (AvgIpc) is 2.71. The van der Waals surface area contributed by atoms with E-state index < -0.39 is 25.9 Å². The van der Waals surface area contributed by atoms with Crippen LogP contribution in [-0.4, -0.2) is 45.2 Å². The zero-order valence-corrected chi connectivity index (χ0v) is 12.3. The summed E-state index contributed by atoms with van der Waals surface area (Å²) in [6.07, 6.45) is 0.377. The largest absolute Gasteiger partial charge is 0.243 e. The number of hydrogen-bond donors (Lipinski definition) is 0. The van der Waals surface area contributed by atoms with E-state index in [0.717, 1.165) is 0 Å². The van der Waals surface area contributed by atoms with Crippen LogP contribution in [0.3, 0.4) is 0 Å². The Balaban J connectivity index is 2.33. The van der Waals surface area contributed by atoms with Crippen molar-refractivity contribution < 1.29 is 16.8 Å². The van der Waals surface area contributed by atoms with E-state index in [9.17, 15) is 16.8 Å². The summed E-state index contributed by atoms with van der Waals surface area (Å²) in [5, 5.41) is 0. The van der Waals surface area contributed by atoms with Crippen LogP contribution >= 0.6 is 0 Å². The maximum atomic E-state index is 12.5. The van der Waals surface area contributed by atoms with Crippen molar-refractivity contribution in [1.82, 2.24) is 4.31 Å². The Hall–Kier alpha value is -0.920. The van der Waals surface area contributed by atoms with Crippen molar-refractivity contribution in [3.8, 4) is 0 Å². The van der Waals surface area contributed by atoms with Crippen LogP contribution in [0.25, 0.3) is 0 Å². The molecule has 0 radical (unpaired) electrons. The molecule has 1 heterocycles. The van der Waals surface area contributed by atoms with E-state index in [1.165, 1.54) is 16.4 Å². The molecule has 1 atom stereocenters. The molecule has 106 valence electrons. The van der Waals surface area contributed by atoms with Crippen LogP contribution in [0.2, 0.25) is 0 Å². The van der Waals surface area contributed by atoms with Crippen LogP contribution in [0, 0.1) is 0 Å². The monoisotopic (exact) mass is 303 g/mol. The molecular weight excluding hydrogens is 286 g/mol. The molecule has 2 rings (SSSR count). The average molecular weight is 303 g/mol. The smallest absolute Gasteiger partial charge is 0.229 e. The first-order chi connectivity index (χ1) is 8.87. The third kappa shape index (κ3) is 2.98. The second kappa shape index (κ2) is 5.22. The second-order valence-corrected chi connectivity index (χ2v) is 8.70. The highest BCUT2D eigenvalue weighted by Gasteiger charge is 2.37. The Morgan fingerprint density at radius 1 is 1.26 bits per heavy atom. The van der Waals surface area contributed by atoms with E-state index in [0.29, 0.717) is 6.42 Å². The molecule has 0 bridgehead atoms. The molecule has 5 nitrogen and oxygen atoms in total. The van der Waals surface area contributed by atoms with Gasteiger partial charge < -0.3 is 0 Å². The van der Waals surface area contributed by atoms with Crippen molar-refractivity contribution in [2.75, 3.05) is 18.1 Å². The Morgan fingerprint density at radius 2 is 1.89 bits per heavy atom. The lowest BCUT2D eigenvalue weighted by molar-refractivity contribution is 0.354. The van der Waals surface area contributed by atoms with Crippen molar-refractivity contribution in [2.45, 2.75) is 24.3 Å². The highest BCUT2D eigenvalue weighted by molar-refractivity contribution is 7.92. The Bertz CT molecular complexity index is 638. The van der Waals surface area contributed by atoms with Gasteiger partial charge in [-0.2, -0.15) is 4.31 Å². The molecule has 0 unspecified atom stereocenters. The van der Waals surface area contributed by atoms with Crippen LogP contribution in [0.4, 0.5) is 0 Å². The van der Waals surface area contributed by atoms with Gasteiger partial charge in [0.15, 0.2) is 9.84 Å². The fourth-order valence-corrected chi connectivity index (χ4v) is 5.86. The fourth-order valence-electron chi connectivity index (χ4n) is 2.35. The zero-order chi connectivity index (χ0) is 14.1. The SMILES string of the molecule is CCN([C@@H]1CCS(=O)(=O)C1)S(=O)(=O)c1ccccc1. The van der Waals surface area contributed by atoms with Gasteiger partial charge in [0.05, 0.1) is 16.4 Å². The topological polar surface area (TPSA) is 71.5 Å². The van der Waals surface area contributed by atoms with Gasteiger partial charge >= 0.3 is 0 Å². The number of nitrogens with zero attached hydrogens (tertiary/aromatic N) is 1. The molecule has 19 heavy (non-hydrogen) atoms. The van der Waals surface area contributed by atoms with Gasteiger partial charge in [-0.1, -0.05) is 25.1 Å². The van der Waals surface area contributed by atoms with Gasteiger partial charge in [0.25, 0.3) is 0 Å². The third-order valence-corrected chi connectivity index (χ3v) is 7.07. The predicted molar refractivity (Wildman–Crippen MR) is 73.1 cm³/mol. The quantitative estimate of drug-likeness (QED) is 0.828. The summed E-state index contributed by atoms with van der Waals surface area (Å²) < 4.78 is 49.3. The molecule has 1 aliphatic rings. The summed E-state index contributed by atoms with van der Waals surface area (Å²) in [6, 6.07) is 7.68. The van der Waals surface area contributed by atoms with E-state index in [1.54, 1.807) is 25.1 Å². The summed E-state index contributed by atoms with van der Waals surface area (Å²) in [4.78, 5) is 0.209. The minimum atomic E-state index is -3.62. The van der Waals surface area contributed by atoms with Crippen LogP contribution < -0.4 is 0 Å². The maximum Gasteiger partial charge on any atom is 0.243 e. The van der Waals surface area contributed by atoms with Gasteiger partial charge in [-0.3, -0.25) is 0 Å². The van der Waals surface area contributed by atoms with E-state index in [4.69, 9.17) is 0 Å². The maximum absolute atomic E-state index is 12.5. The molecule has 0 aliphatic carbocycles. The molecule has 1 aliphatic heterocycles. The fraction of sp³-hybridized carbons (Fsp3) is 0.500. The molecule has 0 saturated carbocycles. The van der Waals surface area contributed by atoms with Crippen molar-refractivity contribution in [2.24, 2.45) is 0 Å². The lowest BCUT2D eigenvalue weighted by Gasteiger charge is -2.25. The van der Waals surface area contributed by atoms with E-state index >= 15 is 0 Å². The predicted octanol–water partition coefficient (Wildman–Crippen LogP) is 0.884. The molecule has 7 heteroatoms. The molecule has 0 N–H and O–H groups in total. The highest BCUT2D eigenvalue weighted by atomic mass is 32.2. The Kier molecular flexibility index (Phi) is 3.98. The highest BCUT2D eigenvalue weighted by Crippen LogP contribution is 2.24. The standard InChI is InChI=1S/C12H17NO4S2/c1-2-13(11-8-9-18(14,15)10-11)19(16,17)12-6-4-3-5-7-12/h3-7,11H,2,8-10H2,1H3/t11-/m1/s1. The molecule has 1 saturated heterocycles. The first-order valence-electron chi connectivity index (χ1n) is 6.14. The second-order valence-electron chi connectivity index (χ2n) is 4.58. The first kappa shape index (κ1) is 14.5. The van der Waals surface area contributed by atoms with Crippen LogP contribution in [0.5, 0.6) is 0 Å². The number of benzene rings is 1. The molecule has 1 aromatic rings. The lowest BCUT2D eigenvalue weighted by Crippen LogP contribution is -2.40. The van der Waals surface area contributed by atoms with Crippen LogP contribution in [0.15, 0.2) is 35.2 Å². The lowest BCUT2D eigenvalue weighted by atomic mass is 10.3. The summed E-state index contributed by atoms with van der Waals surface area (Å²) in [5.74, 6) is -0.00855. The van der Waals surface area contributed by atoms with Crippen molar-refractivity contribution in [3.05, 3.63) is 30.3 Å². The van der Waals surface area contributed by atoms with Gasteiger partial charge in [-0.25, -0.2) is 16.8 Å². The zero-order valence-electron chi connectivity index (χ0n) is 10.7. The van der Waals surface area contributed by atoms with Gasteiger partial charge in [0.1, 0.15) is 0 Å². The third-order valence-electron chi connectivity index (χ3n) is 3.28. The summed E-state index contributed by atoms with van der Waals surface area (Å²) in [7, 11) is -6.72. The van der Waals surface area contributed by atoms with E-state index in [2.05, 4.69) is 0 Å². The molecular formula is C12H17NO4S2. The van der Waals surface area contributed by atoms with Crippen molar-refractivity contribution in [3.63, 3.8) is 0 Å². The molecule has 0 spiro atoms. The van der Waals surface area contributed by atoms with Crippen LogP contribution in [0.1, 0.15) is 13.3 Å². The van der Waals surface area contributed by atoms with Crippen molar-refractivity contribution in [1.29, 1.82) is 0 Å². The van der Waals surface area contributed by atoms with Gasteiger partial charge in [-0.05, 0) is 18.6 Å². The number of sulfonamides is 1. The summed E-state index contributed by atoms with van der Waals surface area (Å²) in [5.41, 5.74) is 0. The number of rotatable bonds is 4. The van der Waals surface area contributed by atoms with E-state index in [1.807, 2.05) is 0 Å². The first-order valence-corrected chi connectivity index (χ1v) is 9.40. The van der Waals surface area contributed by atoms with Crippen molar-refractivity contribution >= 4 is 19.9 Å². The minimum Gasteiger partial charge on any atom is -0.229 e. The number of hydrogen-bond acceptors (Lipinski definition) is 4. The Morgan fingerprint density at radius 3 is 2.37 bits per heavy atom. The van der Waals surface area contributed by atoms with Gasteiger partial charge in [0.2, 0.25) is 10.0 Å². The normalized spacial score (nSPS) is 22.7. The van der Waals surface area contributed by atoms with E-state index in [-0.39, 0.29) is 22.9 Å². The van der Waals surface area contributed by atoms with Crippen LogP contribution in [-0.2, 0) is 19.9 Å². The molecule has 0 aromatic heterocycles. The van der Waals surface area contributed by atoms with Gasteiger partial charge in [0, 0.05) is 12.6 Å². The number of sulfone groups is 1. The molecule has 1 fully saturated rings. The summed E-state index contributed by atoms with van der Waals surface area (Å²) >= 11 is 0. The Labute approximate surface area is 114 Å². The minimum absolute atomic E-state index is 0.0679. The van der Waals surface area contributed by atoms with Gasteiger partial charge in [-0.15, -0.1) is 0 Å². The molecule has 0 amide bonds.